The monoisotopic (exact) mass is 213 g/mol. The number of alkyl halides is 2. The molecule has 0 saturated heterocycles. The van der Waals surface area contributed by atoms with E-state index in [0.717, 1.165) is 4.91 Å². The molecule has 0 fully saturated rings. The van der Waals surface area contributed by atoms with Gasteiger partial charge >= 0.3 is 0 Å². The quantitative estimate of drug-likeness (QED) is 0.521. The van der Waals surface area contributed by atoms with E-state index in [-0.39, 0.29) is 0 Å². The van der Waals surface area contributed by atoms with Crippen LogP contribution in [0, 0.1) is 6.92 Å². The molecular formula is C7H11Cl2OS. The van der Waals surface area contributed by atoms with Crippen molar-refractivity contribution in [3.63, 3.8) is 0 Å². The van der Waals surface area contributed by atoms with Gasteiger partial charge in [-0.3, -0.25) is 0 Å². The summed E-state index contributed by atoms with van der Waals surface area (Å²) in [4.78, 5) is 0.143. The molecule has 1 unspecified atom stereocenters. The SMILES string of the molecule is [CH2]CC(=CC(Cl)Cl)[S+]([O-])CC. The van der Waals surface area contributed by atoms with Gasteiger partial charge in [0.05, 0.1) is 0 Å². The van der Waals surface area contributed by atoms with E-state index in [1.54, 1.807) is 6.08 Å². The van der Waals surface area contributed by atoms with Crippen LogP contribution in [0.15, 0.2) is 11.0 Å². The van der Waals surface area contributed by atoms with Gasteiger partial charge in [0.1, 0.15) is 15.5 Å². The van der Waals surface area contributed by atoms with E-state index in [1.165, 1.54) is 0 Å². The van der Waals surface area contributed by atoms with Gasteiger partial charge in [-0.1, -0.05) is 0 Å². The van der Waals surface area contributed by atoms with E-state index in [4.69, 9.17) is 23.2 Å². The topological polar surface area (TPSA) is 23.1 Å². The van der Waals surface area contributed by atoms with Crippen LogP contribution in [0.3, 0.4) is 0 Å². The van der Waals surface area contributed by atoms with Gasteiger partial charge in [0.25, 0.3) is 0 Å². The molecule has 11 heavy (non-hydrogen) atoms. The second kappa shape index (κ2) is 6.18. The molecule has 0 aromatic heterocycles. The minimum absolute atomic E-state index is 0.496. The number of hydrogen-bond donors (Lipinski definition) is 0. The molecule has 0 aliphatic carbocycles. The van der Waals surface area contributed by atoms with E-state index in [2.05, 4.69) is 6.92 Å². The minimum atomic E-state index is -0.956. The Bertz CT molecular complexity index is 136. The molecule has 0 aromatic rings. The fourth-order valence-corrected chi connectivity index (χ4v) is 1.94. The lowest BCUT2D eigenvalue weighted by Gasteiger charge is -2.09. The number of rotatable bonds is 4. The lowest BCUT2D eigenvalue weighted by Crippen LogP contribution is -2.07. The van der Waals surface area contributed by atoms with Gasteiger partial charge in [-0.15, -0.1) is 23.2 Å². The second-order valence-corrected chi connectivity index (χ2v) is 4.81. The minimum Gasteiger partial charge on any atom is -0.612 e. The van der Waals surface area contributed by atoms with Crippen molar-refractivity contribution in [1.82, 2.24) is 0 Å². The Kier molecular flexibility index (Phi) is 6.53. The fourth-order valence-electron chi connectivity index (χ4n) is 0.599. The molecule has 1 radical (unpaired) electrons. The lowest BCUT2D eigenvalue weighted by molar-refractivity contribution is 0.601. The first-order valence-electron chi connectivity index (χ1n) is 3.28. The molecule has 0 aliphatic heterocycles. The summed E-state index contributed by atoms with van der Waals surface area (Å²) in [6.07, 6.45) is 2.08. The van der Waals surface area contributed by atoms with Gasteiger partial charge in [0.2, 0.25) is 0 Å². The molecule has 0 N–H and O–H groups in total. The zero-order valence-electron chi connectivity index (χ0n) is 6.35. The molecule has 65 valence electrons. The Labute approximate surface area is 80.9 Å². The standard InChI is InChI=1S/C7H11Cl2OS/c1-3-6(5-7(8)9)11(10)4-2/h5,7H,1,3-4H2,2H3. The van der Waals surface area contributed by atoms with Crippen LogP contribution in [0.2, 0.25) is 0 Å². The summed E-state index contributed by atoms with van der Waals surface area (Å²) < 4.78 is 11.2. The maximum Gasteiger partial charge on any atom is 0.130 e. The zero-order valence-corrected chi connectivity index (χ0v) is 8.68. The van der Waals surface area contributed by atoms with Crippen LogP contribution >= 0.6 is 23.2 Å². The molecule has 0 aliphatic rings. The van der Waals surface area contributed by atoms with Gasteiger partial charge in [-0.25, -0.2) is 0 Å². The molecular weight excluding hydrogens is 203 g/mol. The van der Waals surface area contributed by atoms with E-state index in [0.29, 0.717) is 12.2 Å². The van der Waals surface area contributed by atoms with Crippen molar-refractivity contribution in [3.05, 3.63) is 17.9 Å². The predicted octanol–water partition coefficient (Wildman–Crippen LogP) is 2.67. The molecule has 0 heterocycles. The number of halogens is 2. The van der Waals surface area contributed by atoms with Crippen molar-refractivity contribution >= 4 is 34.4 Å². The van der Waals surface area contributed by atoms with Crippen molar-refractivity contribution in [3.8, 4) is 0 Å². The lowest BCUT2D eigenvalue weighted by atomic mass is 10.4. The van der Waals surface area contributed by atoms with Crippen LogP contribution in [-0.4, -0.2) is 15.1 Å². The van der Waals surface area contributed by atoms with Crippen LogP contribution in [0.1, 0.15) is 13.3 Å². The normalized spacial score (nSPS) is 15.6. The predicted molar refractivity (Wildman–Crippen MR) is 52.2 cm³/mol. The van der Waals surface area contributed by atoms with E-state index < -0.39 is 16.0 Å². The average Bonchev–Trinajstić information content (AvgIpc) is 1.98. The smallest absolute Gasteiger partial charge is 0.130 e. The Morgan fingerprint density at radius 2 is 2.27 bits per heavy atom. The summed E-state index contributed by atoms with van der Waals surface area (Å²) in [7, 11) is 0. The first-order chi connectivity index (χ1) is 5.11. The molecule has 0 bridgehead atoms. The first-order valence-corrected chi connectivity index (χ1v) is 5.47. The maximum atomic E-state index is 11.2. The van der Waals surface area contributed by atoms with E-state index in [1.807, 2.05) is 6.92 Å². The Balaban J connectivity index is 4.14. The highest BCUT2D eigenvalue weighted by Crippen LogP contribution is 2.16. The Hall–Kier alpha value is 0.630. The molecule has 4 heteroatoms. The van der Waals surface area contributed by atoms with Crippen molar-refractivity contribution in [2.45, 2.75) is 18.2 Å². The fraction of sp³-hybridized carbons (Fsp3) is 0.571. The second-order valence-electron chi connectivity index (χ2n) is 1.85. The van der Waals surface area contributed by atoms with Gasteiger partial charge < -0.3 is 4.55 Å². The average molecular weight is 214 g/mol. The van der Waals surface area contributed by atoms with Crippen LogP contribution < -0.4 is 0 Å². The first kappa shape index (κ1) is 11.6. The van der Waals surface area contributed by atoms with E-state index in [9.17, 15) is 4.55 Å². The van der Waals surface area contributed by atoms with Gasteiger partial charge in [-0.05, 0) is 31.1 Å². The molecule has 0 spiro atoms. The van der Waals surface area contributed by atoms with E-state index >= 15 is 0 Å². The molecule has 1 atom stereocenters. The molecule has 1 nitrogen and oxygen atoms in total. The highest BCUT2D eigenvalue weighted by molar-refractivity contribution is 7.95. The van der Waals surface area contributed by atoms with Crippen molar-refractivity contribution in [2.75, 3.05) is 5.75 Å². The van der Waals surface area contributed by atoms with Crippen molar-refractivity contribution in [2.24, 2.45) is 0 Å². The highest BCUT2D eigenvalue weighted by Gasteiger charge is 2.10. The Morgan fingerprint density at radius 3 is 2.55 bits per heavy atom. The molecule has 0 rings (SSSR count). The summed E-state index contributed by atoms with van der Waals surface area (Å²) in [6.45, 7) is 5.47. The van der Waals surface area contributed by atoms with Crippen LogP contribution in [0.4, 0.5) is 0 Å². The molecule has 0 saturated carbocycles. The zero-order chi connectivity index (χ0) is 8.85. The van der Waals surface area contributed by atoms with Crippen molar-refractivity contribution < 1.29 is 4.55 Å². The maximum absolute atomic E-state index is 11.2. The summed E-state index contributed by atoms with van der Waals surface area (Å²) in [5.41, 5.74) is 0. The number of hydrogen-bond acceptors (Lipinski definition) is 1. The summed E-state index contributed by atoms with van der Waals surface area (Å²) in [5.74, 6) is 0.585. The summed E-state index contributed by atoms with van der Waals surface area (Å²) >= 11 is 10.0. The third-order valence-electron chi connectivity index (χ3n) is 1.11. The molecule has 0 amide bonds. The van der Waals surface area contributed by atoms with Gasteiger partial charge in [-0.2, -0.15) is 0 Å². The van der Waals surface area contributed by atoms with Crippen molar-refractivity contribution in [1.29, 1.82) is 0 Å². The highest BCUT2D eigenvalue weighted by atomic mass is 35.5. The third-order valence-corrected chi connectivity index (χ3v) is 2.81. The van der Waals surface area contributed by atoms with Gasteiger partial charge in [0.15, 0.2) is 0 Å². The van der Waals surface area contributed by atoms with Crippen LogP contribution in [0.5, 0.6) is 0 Å². The molecule has 0 aromatic carbocycles. The number of allylic oxidation sites excluding steroid dienone is 2. The third kappa shape index (κ3) is 4.96. The summed E-state index contributed by atoms with van der Waals surface area (Å²) in [5, 5.41) is 0. The van der Waals surface area contributed by atoms with Gasteiger partial charge in [0, 0.05) is 6.42 Å². The van der Waals surface area contributed by atoms with Crippen LogP contribution in [0.25, 0.3) is 0 Å². The van der Waals surface area contributed by atoms with Crippen LogP contribution in [-0.2, 0) is 11.2 Å². The Morgan fingerprint density at radius 1 is 1.73 bits per heavy atom. The summed E-state index contributed by atoms with van der Waals surface area (Å²) in [6, 6.07) is 0. The largest absolute Gasteiger partial charge is 0.612 e.